The first-order valence-electron chi connectivity index (χ1n) is 18.6. The fourth-order valence-electron chi connectivity index (χ4n) is 7.29. The van der Waals surface area contributed by atoms with E-state index in [1.165, 1.54) is 44.5 Å². The summed E-state index contributed by atoms with van der Waals surface area (Å²) in [6.07, 6.45) is 3.85. The molecular formula is C50H42IrN4O-2. The summed E-state index contributed by atoms with van der Waals surface area (Å²) < 4.78 is 6.25. The molecule has 9 rings (SSSR count). The molecule has 1 radical (unpaired) electrons. The van der Waals surface area contributed by atoms with Gasteiger partial charge in [0.1, 0.15) is 0 Å². The number of hydrogen-bond acceptors (Lipinski definition) is 5. The van der Waals surface area contributed by atoms with Crippen LogP contribution in [0.1, 0.15) is 44.6 Å². The Balaban J connectivity index is 0.000000253. The summed E-state index contributed by atoms with van der Waals surface area (Å²) >= 11 is 0. The Morgan fingerprint density at radius 3 is 2.05 bits per heavy atom. The second-order valence-electron chi connectivity index (χ2n) is 14.6. The molecule has 5 nitrogen and oxygen atoms in total. The quantitative estimate of drug-likeness (QED) is 0.165. The third-order valence-corrected chi connectivity index (χ3v) is 10.6. The van der Waals surface area contributed by atoms with Gasteiger partial charge >= 0.3 is 0 Å². The third kappa shape index (κ3) is 7.31. The number of aryl methyl sites for hydroxylation is 8. The standard InChI is InChI=1S/C36H28N3O.C14H14N.Ir/c1-20-8-6-9-21(2)34(20)32-17-15-26-24(5)25(14-16-31(26)39-32)30-18-33(37-19-22(30)3)29-11-7-10-27-28-13-12-23(4)38-36(28)40-35(27)29;1-10-4-6-13(7-5-10)14-8-11(2)12(3)9-15-14;/h6-10,12-19H,1-5H3;4-6,8-9H,1-3H3;/q2*-1;. The van der Waals surface area contributed by atoms with Crippen molar-refractivity contribution in [1.82, 2.24) is 19.9 Å². The number of hydrogen-bond donors (Lipinski definition) is 0. The largest absolute Gasteiger partial charge is 0.486 e. The minimum absolute atomic E-state index is 0. The van der Waals surface area contributed by atoms with Crippen molar-refractivity contribution in [2.24, 2.45) is 0 Å². The van der Waals surface area contributed by atoms with E-state index in [4.69, 9.17) is 14.4 Å². The Bertz CT molecular complexity index is 2890. The summed E-state index contributed by atoms with van der Waals surface area (Å²) in [5, 5.41) is 3.17. The Kier molecular flexibility index (Phi) is 10.8. The van der Waals surface area contributed by atoms with Crippen molar-refractivity contribution in [3.8, 4) is 44.9 Å². The van der Waals surface area contributed by atoms with Crippen LogP contribution in [0.5, 0.6) is 0 Å². The van der Waals surface area contributed by atoms with Crippen molar-refractivity contribution >= 4 is 33.0 Å². The first kappa shape index (κ1) is 38.5. The third-order valence-electron chi connectivity index (χ3n) is 10.6. The molecule has 279 valence electrons. The van der Waals surface area contributed by atoms with Crippen LogP contribution in [-0.2, 0) is 20.1 Å². The molecule has 6 heteroatoms. The van der Waals surface area contributed by atoms with Gasteiger partial charge < -0.3 is 14.4 Å². The number of aromatic nitrogens is 4. The minimum Gasteiger partial charge on any atom is -0.486 e. The molecule has 0 fully saturated rings. The van der Waals surface area contributed by atoms with E-state index in [0.29, 0.717) is 5.71 Å². The molecule has 0 unspecified atom stereocenters. The van der Waals surface area contributed by atoms with Crippen LogP contribution in [0.4, 0.5) is 0 Å². The monoisotopic (exact) mass is 907 g/mol. The Hall–Kier alpha value is -5.81. The van der Waals surface area contributed by atoms with E-state index in [1.807, 2.05) is 43.6 Å². The molecule has 4 aromatic carbocycles. The summed E-state index contributed by atoms with van der Waals surface area (Å²) in [6.45, 7) is 16.8. The average molecular weight is 907 g/mol. The average Bonchev–Trinajstić information content (AvgIpc) is 3.55. The van der Waals surface area contributed by atoms with Crippen LogP contribution in [0.2, 0.25) is 0 Å². The zero-order valence-corrected chi connectivity index (χ0v) is 35.3. The predicted octanol–water partition coefficient (Wildman–Crippen LogP) is 12.7. The molecule has 0 N–H and O–H groups in total. The maximum Gasteiger partial charge on any atom is 0.216 e. The van der Waals surface area contributed by atoms with Crippen LogP contribution in [-0.4, -0.2) is 19.9 Å². The molecule has 0 saturated carbocycles. The smallest absolute Gasteiger partial charge is 0.216 e. The number of nitrogens with zero attached hydrogens (tertiary/aromatic N) is 4. The topological polar surface area (TPSA) is 64.7 Å². The summed E-state index contributed by atoms with van der Waals surface area (Å²) in [7, 11) is 0. The number of pyridine rings is 4. The van der Waals surface area contributed by atoms with Crippen LogP contribution >= 0.6 is 0 Å². The Morgan fingerprint density at radius 2 is 1.30 bits per heavy atom. The molecule has 0 aliphatic heterocycles. The molecular weight excluding hydrogens is 865 g/mol. The van der Waals surface area contributed by atoms with Crippen molar-refractivity contribution in [2.45, 2.75) is 55.4 Å². The second-order valence-corrected chi connectivity index (χ2v) is 14.6. The molecule has 56 heavy (non-hydrogen) atoms. The van der Waals surface area contributed by atoms with E-state index < -0.39 is 0 Å². The maximum absolute atomic E-state index is 6.25. The van der Waals surface area contributed by atoms with Crippen LogP contribution in [0.15, 0.2) is 114 Å². The van der Waals surface area contributed by atoms with Crippen molar-refractivity contribution in [2.75, 3.05) is 0 Å². The molecule has 0 bridgehead atoms. The second kappa shape index (κ2) is 15.7. The van der Waals surface area contributed by atoms with Crippen molar-refractivity contribution < 1.29 is 24.5 Å². The first-order chi connectivity index (χ1) is 26.5. The van der Waals surface area contributed by atoms with Gasteiger partial charge in [-0.1, -0.05) is 65.9 Å². The maximum atomic E-state index is 6.25. The summed E-state index contributed by atoms with van der Waals surface area (Å²) in [5.74, 6) is 0. The zero-order valence-electron chi connectivity index (χ0n) is 32.9. The van der Waals surface area contributed by atoms with E-state index >= 15 is 0 Å². The van der Waals surface area contributed by atoms with Gasteiger partial charge in [-0.3, -0.25) is 0 Å². The SMILES string of the molecule is Cc1c[c-]c(-c2cc(C)c(C)cn2)cc1.Cc1ccc2c(n1)oc1c(-c3cc(-c4ccc5nc(-c6c(C)cccc6C)ccc5c4C)c(C)cn3)[c-]ccc12.[Ir]. The van der Waals surface area contributed by atoms with Gasteiger partial charge in [0.25, 0.3) is 0 Å². The van der Waals surface area contributed by atoms with Crippen molar-refractivity contribution in [3.05, 3.63) is 166 Å². The van der Waals surface area contributed by atoms with Gasteiger partial charge in [0.05, 0.1) is 16.8 Å². The van der Waals surface area contributed by atoms with Crippen LogP contribution in [0.25, 0.3) is 77.9 Å². The summed E-state index contributed by atoms with van der Waals surface area (Å²) in [5.41, 5.74) is 20.1. The molecule has 0 atom stereocenters. The van der Waals surface area contributed by atoms with E-state index in [-0.39, 0.29) is 20.1 Å². The van der Waals surface area contributed by atoms with Crippen molar-refractivity contribution in [1.29, 1.82) is 0 Å². The fourth-order valence-corrected chi connectivity index (χ4v) is 7.29. The van der Waals surface area contributed by atoms with Crippen LogP contribution in [0, 0.1) is 67.5 Å². The van der Waals surface area contributed by atoms with Crippen LogP contribution < -0.4 is 0 Å². The summed E-state index contributed by atoms with van der Waals surface area (Å²) in [6, 6.07) is 40.1. The fraction of sp³-hybridized carbons (Fsp3) is 0.160. The predicted molar refractivity (Wildman–Crippen MR) is 226 cm³/mol. The van der Waals surface area contributed by atoms with Gasteiger partial charge in [-0.2, -0.15) is 0 Å². The van der Waals surface area contributed by atoms with Gasteiger partial charge in [-0.15, -0.1) is 53.6 Å². The van der Waals surface area contributed by atoms with E-state index in [9.17, 15) is 0 Å². The Labute approximate surface area is 342 Å². The van der Waals surface area contributed by atoms with Crippen molar-refractivity contribution in [3.63, 3.8) is 0 Å². The van der Waals surface area contributed by atoms with Gasteiger partial charge in [-0.25, -0.2) is 9.97 Å². The molecule has 0 saturated heterocycles. The summed E-state index contributed by atoms with van der Waals surface area (Å²) in [4.78, 5) is 18.9. The molecule has 5 aromatic heterocycles. The van der Waals surface area contributed by atoms with E-state index in [0.717, 1.165) is 72.3 Å². The van der Waals surface area contributed by atoms with Gasteiger partial charge in [0.15, 0.2) is 0 Å². The Morgan fingerprint density at radius 1 is 0.554 bits per heavy atom. The molecule has 0 amide bonds. The van der Waals surface area contributed by atoms with Gasteiger partial charge in [-0.05, 0) is 123 Å². The molecule has 0 aliphatic rings. The molecule has 0 spiro atoms. The number of fused-ring (bicyclic) bond motifs is 4. The minimum atomic E-state index is 0. The molecule has 9 aromatic rings. The first-order valence-corrected chi connectivity index (χ1v) is 18.6. The normalized spacial score (nSPS) is 11.1. The number of benzene rings is 4. The molecule has 5 heterocycles. The van der Waals surface area contributed by atoms with Gasteiger partial charge in [0, 0.05) is 54.5 Å². The van der Waals surface area contributed by atoms with Crippen LogP contribution in [0.3, 0.4) is 0 Å². The van der Waals surface area contributed by atoms with E-state index in [2.05, 4.69) is 143 Å². The zero-order chi connectivity index (χ0) is 38.4. The number of rotatable bonds is 4. The van der Waals surface area contributed by atoms with Gasteiger partial charge in [0.2, 0.25) is 5.71 Å². The molecule has 0 aliphatic carbocycles. The van der Waals surface area contributed by atoms with E-state index in [1.54, 1.807) is 0 Å². The number of furan rings is 1.